The first-order valence-corrected chi connectivity index (χ1v) is 10.1. The van der Waals surface area contributed by atoms with Crippen molar-refractivity contribution in [3.05, 3.63) is 101 Å². The molecule has 0 amide bonds. The van der Waals surface area contributed by atoms with Crippen LogP contribution in [0.25, 0.3) is 0 Å². The number of carbonyl (C=O) groups is 1. The molecule has 3 rings (SSSR count). The molecule has 1 atom stereocenters. The fraction of sp³-hybridized carbons (Fsp3) is 0.269. The summed E-state index contributed by atoms with van der Waals surface area (Å²) >= 11 is 0. The van der Waals surface area contributed by atoms with E-state index in [4.69, 9.17) is 0 Å². The molecular weight excluding hydrogens is 342 g/mol. The number of hydrogen-bond donors (Lipinski definition) is 1. The minimum Gasteiger partial charge on any atom is -0.378 e. The van der Waals surface area contributed by atoms with Crippen LogP contribution in [0.3, 0.4) is 0 Å². The van der Waals surface area contributed by atoms with E-state index in [0.717, 1.165) is 23.2 Å². The van der Waals surface area contributed by atoms with E-state index in [1.165, 1.54) is 11.1 Å². The number of anilines is 1. The van der Waals surface area contributed by atoms with Crippen LogP contribution in [0.4, 0.5) is 5.69 Å². The van der Waals surface area contributed by atoms with Gasteiger partial charge < -0.3 is 5.32 Å². The van der Waals surface area contributed by atoms with Gasteiger partial charge in [0.1, 0.15) is 0 Å². The van der Waals surface area contributed by atoms with Crippen molar-refractivity contribution in [2.75, 3.05) is 5.32 Å². The maximum atomic E-state index is 12.9. The third-order valence-electron chi connectivity index (χ3n) is 5.19. The molecule has 0 aliphatic carbocycles. The van der Waals surface area contributed by atoms with Gasteiger partial charge in [-0.05, 0) is 41.2 Å². The van der Waals surface area contributed by atoms with E-state index in [2.05, 4.69) is 74.6 Å². The molecule has 1 unspecified atom stereocenters. The zero-order valence-electron chi connectivity index (χ0n) is 17.0. The monoisotopic (exact) mass is 371 g/mol. The fourth-order valence-electron chi connectivity index (χ4n) is 3.33. The van der Waals surface area contributed by atoms with Gasteiger partial charge in [-0.25, -0.2) is 0 Å². The van der Waals surface area contributed by atoms with Gasteiger partial charge in [0.2, 0.25) is 0 Å². The lowest BCUT2D eigenvalue weighted by atomic mass is 9.94. The van der Waals surface area contributed by atoms with Crippen molar-refractivity contribution >= 4 is 11.5 Å². The maximum absolute atomic E-state index is 12.9. The lowest BCUT2D eigenvalue weighted by Crippen LogP contribution is -2.16. The number of benzene rings is 3. The Labute approximate surface area is 168 Å². The minimum atomic E-state index is -0.0682. The van der Waals surface area contributed by atoms with Gasteiger partial charge in [-0.2, -0.15) is 0 Å². The highest BCUT2D eigenvalue weighted by molar-refractivity contribution is 5.96. The molecule has 0 aliphatic rings. The molecule has 0 aliphatic heterocycles. The van der Waals surface area contributed by atoms with E-state index in [0.29, 0.717) is 12.3 Å². The molecule has 28 heavy (non-hydrogen) atoms. The topological polar surface area (TPSA) is 29.1 Å². The van der Waals surface area contributed by atoms with Gasteiger partial charge in [0.15, 0.2) is 5.78 Å². The Morgan fingerprint density at radius 2 is 1.43 bits per heavy atom. The van der Waals surface area contributed by atoms with Gasteiger partial charge in [-0.3, -0.25) is 4.79 Å². The molecule has 0 fully saturated rings. The summed E-state index contributed by atoms with van der Waals surface area (Å²) in [5, 5.41) is 3.58. The Balaban J connectivity index is 1.84. The van der Waals surface area contributed by atoms with Crippen molar-refractivity contribution in [2.45, 2.75) is 45.6 Å². The van der Waals surface area contributed by atoms with E-state index in [1.807, 2.05) is 30.3 Å². The predicted octanol–water partition coefficient (Wildman–Crippen LogP) is 6.80. The largest absolute Gasteiger partial charge is 0.378 e. The van der Waals surface area contributed by atoms with Gasteiger partial charge in [0, 0.05) is 17.7 Å². The van der Waals surface area contributed by atoms with Gasteiger partial charge in [0.25, 0.3) is 0 Å². The van der Waals surface area contributed by atoms with E-state index in [-0.39, 0.29) is 11.8 Å². The van der Waals surface area contributed by atoms with Crippen LogP contribution < -0.4 is 5.32 Å². The van der Waals surface area contributed by atoms with Crippen LogP contribution in [-0.4, -0.2) is 5.78 Å². The van der Waals surface area contributed by atoms with Crippen LogP contribution in [0.15, 0.2) is 78.9 Å². The van der Waals surface area contributed by atoms with E-state index < -0.39 is 0 Å². The third-order valence-corrected chi connectivity index (χ3v) is 5.19. The van der Waals surface area contributed by atoms with Crippen LogP contribution >= 0.6 is 0 Å². The Morgan fingerprint density at radius 3 is 2.00 bits per heavy atom. The number of ketones is 1. The summed E-state index contributed by atoms with van der Waals surface area (Å²) in [4.78, 5) is 12.9. The zero-order chi connectivity index (χ0) is 19.9. The lowest BCUT2D eigenvalue weighted by Gasteiger charge is -2.21. The van der Waals surface area contributed by atoms with Crippen LogP contribution in [0.1, 0.15) is 66.2 Å². The van der Waals surface area contributed by atoms with Crippen LogP contribution in [0.5, 0.6) is 0 Å². The second-order valence-corrected chi connectivity index (χ2v) is 7.56. The van der Waals surface area contributed by atoms with E-state index in [1.54, 1.807) is 0 Å². The molecule has 0 aromatic heterocycles. The predicted molar refractivity (Wildman–Crippen MR) is 118 cm³/mol. The van der Waals surface area contributed by atoms with Gasteiger partial charge in [-0.1, -0.05) is 87.5 Å². The first-order chi connectivity index (χ1) is 13.6. The fourth-order valence-corrected chi connectivity index (χ4v) is 3.33. The number of hydrogen-bond acceptors (Lipinski definition) is 2. The number of nitrogens with one attached hydrogen (secondary N) is 1. The standard InChI is InChI=1S/C26H29NO/c1-4-20-10-16-24(17-11-20)27-25(18-26(28)23-8-6-5-7-9-23)22-14-12-21(13-15-22)19(2)3/h5-17,19,25,27H,4,18H2,1-3H3. The summed E-state index contributed by atoms with van der Waals surface area (Å²) in [5.41, 5.74) is 5.55. The first kappa shape index (κ1) is 19.9. The summed E-state index contributed by atoms with van der Waals surface area (Å²) in [7, 11) is 0. The summed E-state index contributed by atoms with van der Waals surface area (Å²) in [6, 6.07) is 26.6. The summed E-state index contributed by atoms with van der Waals surface area (Å²) in [6.07, 6.45) is 1.44. The van der Waals surface area contributed by atoms with E-state index >= 15 is 0 Å². The number of rotatable bonds is 8. The smallest absolute Gasteiger partial charge is 0.165 e. The van der Waals surface area contributed by atoms with Crippen molar-refractivity contribution in [2.24, 2.45) is 0 Å². The molecule has 144 valence electrons. The maximum Gasteiger partial charge on any atom is 0.165 e. The van der Waals surface area contributed by atoms with Gasteiger partial charge >= 0.3 is 0 Å². The molecule has 2 heteroatoms. The summed E-state index contributed by atoms with van der Waals surface area (Å²) < 4.78 is 0. The SMILES string of the molecule is CCc1ccc(NC(CC(=O)c2ccccc2)c2ccc(C(C)C)cc2)cc1. The quantitative estimate of drug-likeness (QED) is 0.441. The average Bonchev–Trinajstić information content (AvgIpc) is 2.74. The summed E-state index contributed by atoms with van der Waals surface area (Å²) in [6.45, 7) is 6.54. The Morgan fingerprint density at radius 1 is 0.821 bits per heavy atom. The van der Waals surface area contributed by atoms with Gasteiger partial charge in [0.05, 0.1) is 6.04 Å². The molecule has 1 N–H and O–H groups in total. The highest BCUT2D eigenvalue weighted by Crippen LogP contribution is 2.26. The Kier molecular flexibility index (Phi) is 6.65. The zero-order valence-corrected chi connectivity index (χ0v) is 17.0. The molecule has 0 heterocycles. The molecule has 3 aromatic rings. The van der Waals surface area contributed by atoms with Crippen molar-refractivity contribution in [1.29, 1.82) is 0 Å². The first-order valence-electron chi connectivity index (χ1n) is 10.1. The Hall–Kier alpha value is -2.87. The highest BCUT2D eigenvalue weighted by Gasteiger charge is 2.17. The van der Waals surface area contributed by atoms with Crippen molar-refractivity contribution in [3.63, 3.8) is 0 Å². The molecule has 0 bridgehead atoms. The van der Waals surface area contributed by atoms with E-state index in [9.17, 15) is 4.79 Å². The third kappa shape index (κ3) is 5.10. The minimum absolute atomic E-state index is 0.0682. The second-order valence-electron chi connectivity index (χ2n) is 7.56. The molecule has 0 saturated heterocycles. The second kappa shape index (κ2) is 9.36. The van der Waals surface area contributed by atoms with Crippen LogP contribution in [-0.2, 0) is 6.42 Å². The van der Waals surface area contributed by atoms with Gasteiger partial charge in [-0.15, -0.1) is 0 Å². The van der Waals surface area contributed by atoms with Crippen molar-refractivity contribution < 1.29 is 4.79 Å². The number of Topliss-reactive ketones (excluding diaryl/α,β-unsaturated/α-hetero) is 1. The molecule has 0 radical (unpaired) electrons. The van der Waals surface area contributed by atoms with Crippen molar-refractivity contribution in [3.8, 4) is 0 Å². The average molecular weight is 372 g/mol. The Bertz CT molecular complexity index is 880. The summed E-state index contributed by atoms with van der Waals surface area (Å²) in [5.74, 6) is 0.643. The molecule has 0 saturated carbocycles. The van der Waals surface area contributed by atoms with Crippen LogP contribution in [0, 0.1) is 0 Å². The highest BCUT2D eigenvalue weighted by atomic mass is 16.1. The lowest BCUT2D eigenvalue weighted by molar-refractivity contribution is 0.0976. The normalized spacial score (nSPS) is 12.0. The van der Waals surface area contributed by atoms with Crippen molar-refractivity contribution in [1.82, 2.24) is 0 Å². The number of carbonyl (C=O) groups excluding carboxylic acids is 1. The molecular formula is C26H29NO. The van der Waals surface area contributed by atoms with Crippen LogP contribution in [0.2, 0.25) is 0 Å². The molecule has 3 aromatic carbocycles. The molecule has 0 spiro atoms. The number of aryl methyl sites for hydroxylation is 1. The molecule has 2 nitrogen and oxygen atoms in total.